The summed E-state index contributed by atoms with van der Waals surface area (Å²) >= 11 is 0. The molecule has 0 aliphatic carbocycles. The fraction of sp³-hybridized carbons (Fsp3) is 0.300. The molecular formula is C10H13N3. The van der Waals surface area contributed by atoms with Crippen LogP contribution in [0.2, 0.25) is 0 Å². The Morgan fingerprint density at radius 2 is 1.92 bits per heavy atom. The van der Waals surface area contributed by atoms with Crippen LogP contribution in [0.15, 0.2) is 24.4 Å². The fourth-order valence-electron chi connectivity index (χ4n) is 0.986. The van der Waals surface area contributed by atoms with Gasteiger partial charge in [0, 0.05) is 11.6 Å². The Labute approximate surface area is 77.8 Å². The zero-order chi connectivity index (χ0) is 9.68. The molecular weight excluding hydrogens is 162 g/mol. The van der Waals surface area contributed by atoms with Crippen LogP contribution in [0.25, 0.3) is 11.0 Å². The third-order valence-corrected chi connectivity index (χ3v) is 1.48. The molecule has 0 fully saturated rings. The Kier molecular flexibility index (Phi) is 3.31. The van der Waals surface area contributed by atoms with Gasteiger partial charge >= 0.3 is 0 Å². The Morgan fingerprint density at radius 1 is 1.15 bits per heavy atom. The van der Waals surface area contributed by atoms with Gasteiger partial charge in [0.05, 0.1) is 5.69 Å². The van der Waals surface area contributed by atoms with E-state index in [0.717, 1.165) is 11.1 Å². The molecule has 2 aromatic heterocycles. The van der Waals surface area contributed by atoms with Crippen LogP contribution >= 0.6 is 0 Å². The Hall–Kier alpha value is -1.51. The quantitative estimate of drug-likeness (QED) is 0.617. The Morgan fingerprint density at radius 3 is 2.69 bits per heavy atom. The van der Waals surface area contributed by atoms with E-state index >= 15 is 0 Å². The molecule has 3 heteroatoms. The molecule has 0 atom stereocenters. The number of aromatic nitrogens is 3. The molecule has 0 aromatic carbocycles. The number of hydrogen-bond donors (Lipinski definition) is 0. The van der Waals surface area contributed by atoms with Crippen LogP contribution in [-0.4, -0.2) is 15.2 Å². The van der Waals surface area contributed by atoms with Gasteiger partial charge in [-0.2, -0.15) is 5.10 Å². The molecule has 0 saturated heterocycles. The first-order valence-corrected chi connectivity index (χ1v) is 4.41. The van der Waals surface area contributed by atoms with Gasteiger partial charge in [0.2, 0.25) is 0 Å². The van der Waals surface area contributed by atoms with Crippen molar-refractivity contribution in [1.82, 2.24) is 15.2 Å². The molecule has 0 unspecified atom stereocenters. The molecule has 0 spiro atoms. The molecule has 0 radical (unpaired) electrons. The smallest absolute Gasteiger partial charge is 0.181 e. The van der Waals surface area contributed by atoms with Crippen LogP contribution in [0.5, 0.6) is 0 Å². The second-order valence-corrected chi connectivity index (χ2v) is 2.40. The second-order valence-electron chi connectivity index (χ2n) is 2.40. The van der Waals surface area contributed by atoms with Crippen molar-refractivity contribution in [1.29, 1.82) is 0 Å². The van der Waals surface area contributed by atoms with Crippen LogP contribution in [0.3, 0.4) is 0 Å². The minimum Gasteiger partial charge on any atom is -0.235 e. The minimum absolute atomic E-state index is 0.707. The van der Waals surface area contributed by atoms with E-state index in [2.05, 4.69) is 15.2 Å². The first kappa shape index (κ1) is 9.58. The molecule has 0 bridgehead atoms. The topological polar surface area (TPSA) is 38.7 Å². The number of fused-ring (bicyclic) bond motifs is 1. The van der Waals surface area contributed by atoms with Crippen molar-refractivity contribution in [2.24, 2.45) is 0 Å². The molecule has 3 nitrogen and oxygen atoms in total. The van der Waals surface area contributed by atoms with Gasteiger partial charge in [-0.25, -0.2) is 4.98 Å². The molecule has 0 saturated carbocycles. The van der Waals surface area contributed by atoms with Crippen molar-refractivity contribution in [2.75, 3.05) is 0 Å². The number of hydrogen-bond acceptors (Lipinski definition) is 3. The maximum absolute atomic E-state index is 4.05. The average Bonchev–Trinajstić information content (AvgIpc) is 2.21. The molecule has 0 aliphatic rings. The van der Waals surface area contributed by atoms with Gasteiger partial charge in [-0.3, -0.25) is 0 Å². The summed E-state index contributed by atoms with van der Waals surface area (Å²) in [5, 5.41) is 8.86. The average molecular weight is 175 g/mol. The highest BCUT2D eigenvalue weighted by molar-refractivity contribution is 5.73. The molecule has 2 heterocycles. The lowest BCUT2D eigenvalue weighted by atomic mass is 10.3. The van der Waals surface area contributed by atoms with E-state index in [1.54, 1.807) is 6.20 Å². The molecule has 0 amide bonds. The number of pyridine rings is 1. The van der Waals surface area contributed by atoms with Gasteiger partial charge in [0.25, 0.3) is 0 Å². The predicted molar refractivity (Wildman–Crippen MR) is 53.4 cm³/mol. The monoisotopic (exact) mass is 175 g/mol. The summed E-state index contributed by atoms with van der Waals surface area (Å²) in [6.45, 7) is 5.92. The summed E-state index contributed by atoms with van der Waals surface area (Å²) in [5.74, 6) is 0. The molecule has 13 heavy (non-hydrogen) atoms. The first-order chi connectivity index (χ1) is 6.36. The van der Waals surface area contributed by atoms with E-state index in [0.29, 0.717) is 5.65 Å². The highest BCUT2D eigenvalue weighted by Gasteiger charge is 1.93. The Bertz CT molecular complexity index is 385. The third kappa shape index (κ3) is 2.21. The van der Waals surface area contributed by atoms with Crippen molar-refractivity contribution in [3.8, 4) is 0 Å². The predicted octanol–water partition coefficient (Wildman–Crippen LogP) is 2.36. The summed E-state index contributed by atoms with van der Waals surface area (Å²) in [6.07, 6.45) is 1.71. The van der Waals surface area contributed by atoms with Gasteiger partial charge < -0.3 is 0 Å². The highest BCUT2D eigenvalue weighted by atomic mass is 15.1. The summed E-state index contributed by atoms with van der Waals surface area (Å²) in [5.41, 5.74) is 1.63. The van der Waals surface area contributed by atoms with Gasteiger partial charge in [-0.1, -0.05) is 13.8 Å². The molecule has 2 rings (SSSR count). The van der Waals surface area contributed by atoms with E-state index < -0.39 is 0 Å². The van der Waals surface area contributed by atoms with Gasteiger partial charge in [-0.05, 0) is 25.1 Å². The van der Waals surface area contributed by atoms with Crippen LogP contribution in [0, 0.1) is 6.92 Å². The number of aryl methyl sites for hydroxylation is 1. The normalized spacial score (nSPS) is 9.15. The van der Waals surface area contributed by atoms with E-state index in [4.69, 9.17) is 0 Å². The lowest BCUT2D eigenvalue weighted by molar-refractivity contribution is 1.00. The van der Waals surface area contributed by atoms with E-state index in [-0.39, 0.29) is 0 Å². The van der Waals surface area contributed by atoms with E-state index in [1.165, 1.54) is 0 Å². The maximum Gasteiger partial charge on any atom is 0.181 e. The summed E-state index contributed by atoms with van der Waals surface area (Å²) in [7, 11) is 0. The van der Waals surface area contributed by atoms with E-state index in [9.17, 15) is 0 Å². The summed E-state index contributed by atoms with van der Waals surface area (Å²) < 4.78 is 0. The zero-order valence-electron chi connectivity index (χ0n) is 8.15. The Balaban J connectivity index is 0.000000396. The van der Waals surface area contributed by atoms with Crippen LogP contribution < -0.4 is 0 Å². The van der Waals surface area contributed by atoms with Crippen molar-refractivity contribution in [3.63, 3.8) is 0 Å². The van der Waals surface area contributed by atoms with Crippen LogP contribution in [0.4, 0.5) is 0 Å². The highest BCUT2D eigenvalue weighted by Crippen LogP contribution is 2.06. The maximum atomic E-state index is 4.05. The van der Waals surface area contributed by atoms with Crippen molar-refractivity contribution >= 4 is 11.0 Å². The van der Waals surface area contributed by atoms with Gasteiger partial charge in [0.15, 0.2) is 5.65 Å². The lowest BCUT2D eigenvalue weighted by Crippen LogP contribution is -1.88. The lowest BCUT2D eigenvalue weighted by Gasteiger charge is -1.93. The minimum atomic E-state index is 0.707. The number of nitrogens with zero attached hydrogens (tertiary/aromatic N) is 3. The SMILES string of the molecule is CC.Cc1cc2cccnc2nn1. The van der Waals surface area contributed by atoms with Crippen molar-refractivity contribution in [2.45, 2.75) is 20.8 Å². The van der Waals surface area contributed by atoms with Crippen molar-refractivity contribution in [3.05, 3.63) is 30.1 Å². The summed E-state index contributed by atoms with van der Waals surface area (Å²) in [6, 6.07) is 5.84. The molecule has 0 N–H and O–H groups in total. The van der Waals surface area contributed by atoms with Crippen molar-refractivity contribution < 1.29 is 0 Å². The molecule has 0 aliphatic heterocycles. The van der Waals surface area contributed by atoms with Gasteiger partial charge in [0.1, 0.15) is 0 Å². The van der Waals surface area contributed by atoms with Crippen LogP contribution in [-0.2, 0) is 0 Å². The zero-order valence-corrected chi connectivity index (χ0v) is 8.15. The number of rotatable bonds is 0. The molecule has 68 valence electrons. The van der Waals surface area contributed by atoms with Gasteiger partial charge in [-0.15, -0.1) is 5.10 Å². The second kappa shape index (κ2) is 4.50. The molecule has 2 aromatic rings. The fourth-order valence-corrected chi connectivity index (χ4v) is 0.986. The largest absolute Gasteiger partial charge is 0.235 e. The third-order valence-electron chi connectivity index (χ3n) is 1.48. The van der Waals surface area contributed by atoms with Crippen LogP contribution in [0.1, 0.15) is 19.5 Å². The van der Waals surface area contributed by atoms with E-state index in [1.807, 2.05) is 39.0 Å². The summed E-state index contributed by atoms with van der Waals surface area (Å²) in [4.78, 5) is 4.05. The first-order valence-electron chi connectivity index (χ1n) is 4.41. The standard InChI is InChI=1S/C8H7N3.C2H6/c1-6-5-7-3-2-4-9-8(7)11-10-6;1-2/h2-5H,1H3;1-2H3.